The van der Waals surface area contributed by atoms with Gasteiger partial charge in [-0.3, -0.25) is 15.4 Å². The number of hydrogen-bond acceptors (Lipinski definition) is 6. The maximum absolute atomic E-state index is 15.0. The molecule has 12 heteroatoms. The zero-order valence-corrected chi connectivity index (χ0v) is 19.6. The number of aliphatic hydroxyl groups excluding tert-OH is 1. The highest BCUT2D eigenvalue weighted by Gasteiger charge is 2.46. The van der Waals surface area contributed by atoms with Crippen molar-refractivity contribution in [3.8, 4) is 0 Å². The van der Waals surface area contributed by atoms with E-state index in [-0.39, 0.29) is 29.5 Å². The fourth-order valence-electron chi connectivity index (χ4n) is 4.34. The zero-order valence-electron chi connectivity index (χ0n) is 19.6. The van der Waals surface area contributed by atoms with Crippen LogP contribution in [0.5, 0.6) is 0 Å². The quantitative estimate of drug-likeness (QED) is 0.231. The lowest BCUT2D eigenvalue weighted by atomic mass is 9.89. The summed E-state index contributed by atoms with van der Waals surface area (Å²) >= 11 is 0. The van der Waals surface area contributed by atoms with Gasteiger partial charge in [-0.15, -0.1) is 0 Å². The maximum atomic E-state index is 15.0. The first kappa shape index (κ1) is 27.2. The summed E-state index contributed by atoms with van der Waals surface area (Å²) in [5.74, 6) is -1.69. The van der Waals surface area contributed by atoms with Crippen molar-refractivity contribution in [2.24, 2.45) is 23.5 Å². The summed E-state index contributed by atoms with van der Waals surface area (Å²) in [6.07, 6.45) is -3.10. The number of nitrogens with two attached hydrogens (primary N) is 1. The number of rotatable bonds is 11. The van der Waals surface area contributed by atoms with Crippen LogP contribution in [0.25, 0.3) is 0 Å². The number of nitrogens with one attached hydrogen (secondary N) is 3. The summed E-state index contributed by atoms with van der Waals surface area (Å²) < 4.78 is 57.4. The minimum atomic E-state index is -4.57. The summed E-state index contributed by atoms with van der Waals surface area (Å²) in [5, 5.41) is 17.0. The number of carbonyl (C=O) groups is 2. The number of benzene rings is 1. The van der Waals surface area contributed by atoms with Crippen molar-refractivity contribution < 1.29 is 37.0 Å². The standard InChI is InChI=1S/C23H32F4N4O4/c1-3-35-22(34)31-16-9-17(30-21(33)19(28)18(12-4-5-12)13-6-7-13)15(24)8-14(16)11(2)20(32)29-10-23(25,26)27/h8-9,11-13,18-20,29,32H,3-7,10,28H2,1-2H3,(H,30,33)(H,31,34)/t11?,19-,20?/m0/s1. The topological polar surface area (TPSA) is 126 Å². The Kier molecular flexibility index (Phi) is 8.60. The predicted molar refractivity (Wildman–Crippen MR) is 121 cm³/mol. The van der Waals surface area contributed by atoms with Crippen LogP contribution in [0.3, 0.4) is 0 Å². The summed E-state index contributed by atoms with van der Waals surface area (Å²) in [6.45, 7) is 1.51. The predicted octanol–water partition coefficient (Wildman–Crippen LogP) is 3.67. The lowest BCUT2D eigenvalue weighted by molar-refractivity contribution is -0.131. The average Bonchev–Trinajstić information content (AvgIpc) is 3.69. The number of hydrogen-bond donors (Lipinski definition) is 5. The molecule has 2 unspecified atom stereocenters. The molecule has 3 rings (SSSR count). The molecule has 2 fully saturated rings. The van der Waals surface area contributed by atoms with E-state index in [4.69, 9.17) is 10.5 Å². The summed E-state index contributed by atoms with van der Waals surface area (Å²) in [4.78, 5) is 24.9. The molecule has 2 saturated carbocycles. The number of carbonyl (C=O) groups excluding carboxylic acids is 2. The average molecular weight is 505 g/mol. The fraction of sp³-hybridized carbons (Fsp3) is 0.652. The third-order valence-corrected chi connectivity index (χ3v) is 6.44. The van der Waals surface area contributed by atoms with Crippen molar-refractivity contribution in [3.05, 3.63) is 23.5 Å². The van der Waals surface area contributed by atoms with Crippen molar-refractivity contribution in [2.45, 2.75) is 63.9 Å². The molecule has 0 bridgehead atoms. The second kappa shape index (κ2) is 11.1. The van der Waals surface area contributed by atoms with Gasteiger partial charge in [0.2, 0.25) is 5.91 Å². The number of halogens is 4. The van der Waals surface area contributed by atoms with Crippen LogP contribution in [0.1, 0.15) is 51.0 Å². The van der Waals surface area contributed by atoms with Crippen LogP contribution < -0.4 is 21.7 Å². The van der Waals surface area contributed by atoms with Gasteiger partial charge >= 0.3 is 12.3 Å². The zero-order chi connectivity index (χ0) is 25.9. The second-order valence-electron chi connectivity index (χ2n) is 9.26. The van der Waals surface area contributed by atoms with Crippen LogP contribution in [0.15, 0.2) is 12.1 Å². The summed E-state index contributed by atoms with van der Waals surface area (Å²) in [6, 6.07) is 1.27. The van der Waals surface area contributed by atoms with Gasteiger partial charge in [0.15, 0.2) is 0 Å². The molecule has 0 spiro atoms. The van der Waals surface area contributed by atoms with E-state index in [1.807, 2.05) is 5.32 Å². The van der Waals surface area contributed by atoms with Crippen molar-refractivity contribution in [3.63, 3.8) is 0 Å². The van der Waals surface area contributed by atoms with Crippen LogP contribution in [-0.4, -0.2) is 48.7 Å². The van der Waals surface area contributed by atoms with E-state index in [0.717, 1.165) is 37.8 Å². The van der Waals surface area contributed by atoms with E-state index in [1.165, 1.54) is 6.92 Å². The minimum absolute atomic E-state index is 0.00821. The minimum Gasteiger partial charge on any atom is -0.450 e. The summed E-state index contributed by atoms with van der Waals surface area (Å²) in [5.41, 5.74) is 5.95. The lowest BCUT2D eigenvalue weighted by Gasteiger charge is -2.25. The normalized spacial score (nSPS) is 18.7. The first-order valence-corrected chi connectivity index (χ1v) is 11.7. The number of aliphatic hydroxyl groups is 1. The molecule has 1 aromatic rings. The van der Waals surface area contributed by atoms with Crippen molar-refractivity contribution in [1.29, 1.82) is 0 Å². The van der Waals surface area contributed by atoms with Gasteiger partial charge in [0.25, 0.3) is 0 Å². The molecule has 3 atom stereocenters. The van der Waals surface area contributed by atoms with Gasteiger partial charge < -0.3 is 20.9 Å². The molecule has 1 aromatic carbocycles. The molecule has 2 aliphatic carbocycles. The largest absolute Gasteiger partial charge is 0.450 e. The van der Waals surface area contributed by atoms with E-state index in [9.17, 15) is 32.3 Å². The number of amides is 2. The van der Waals surface area contributed by atoms with E-state index < -0.39 is 48.7 Å². The lowest BCUT2D eigenvalue weighted by Crippen LogP contribution is -2.44. The molecule has 2 aliphatic rings. The van der Waals surface area contributed by atoms with Crippen LogP contribution in [0, 0.1) is 23.6 Å². The fourth-order valence-corrected chi connectivity index (χ4v) is 4.34. The van der Waals surface area contributed by atoms with Gasteiger partial charge in [-0.1, -0.05) is 6.92 Å². The van der Waals surface area contributed by atoms with Crippen molar-refractivity contribution in [2.75, 3.05) is 23.8 Å². The molecule has 2 amide bonds. The Hall–Kier alpha value is -2.44. The first-order valence-electron chi connectivity index (χ1n) is 11.7. The van der Waals surface area contributed by atoms with E-state index in [0.29, 0.717) is 11.8 Å². The second-order valence-corrected chi connectivity index (χ2v) is 9.26. The maximum Gasteiger partial charge on any atom is 0.411 e. The first-order chi connectivity index (χ1) is 16.4. The number of alkyl halides is 3. The highest BCUT2D eigenvalue weighted by molar-refractivity contribution is 5.96. The molecule has 0 aromatic heterocycles. The Morgan fingerprint density at radius 3 is 2.26 bits per heavy atom. The highest BCUT2D eigenvalue weighted by atomic mass is 19.4. The molecule has 0 aliphatic heterocycles. The van der Waals surface area contributed by atoms with Crippen LogP contribution in [-0.2, 0) is 9.53 Å². The van der Waals surface area contributed by atoms with Crippen LogP contribution in [0.4, 0.5) is 33.7 Å². The van der Waals surface area contributed by atoms with Crippen molar-refractivity contribution in [1.82, 2.24) is 5.32 Å². The summed E-state index contributed by atoms with van der Waals surface area (Å²) in [7, 11) is 0. The van der Waals surface area contributed by atoms with Crippen LogP contribution >= 0.6 is 0 Å². The van der Waals surface area contributed by atoms with Crippen molar-refractivity contribution >= 4 is 23.4 Å². The Labute approximate surface area is 201 Å². The van der Waals surface area contributed by atoms with Crippen LogP contribution in [0.2, 0.25) is 0 Å². The van der Waals surface area contributed by atoms with Gasteiger partial charge in [-0.25, -0.2) is 9.18 Å². The van der Waals surface area contributed by atoms with E-state index in [1.54, 1.807) is 6.92 Å². The Morgan fingerprint density at radius 2 is 1.74 bits per heavy atom. The molecule has 35 heavy (non-hydrogen) atoms. The Morgan fingerprint density at radius 1 is 1.14 bits per heavy atom. The molecule has 6 N–H and O–H groups in total. The SMILES string of the molecule is CCOC(=O)Nc1cc(NC(=O)[C@@H](N)C(C2CC2)C2CC2)c(F)cc1C(C)C(O)NCC(F)(F)F. The Balaban J connectivity index is 1.81. The van der Waals surface area contributed by atoms with E-state index in [2.05, 4.69) is 10.6 Å². The monoisotopic (exact) mass is 504 g/mol. The molecule has 0 radical (unpaired) electrons. The van der Waals surface area contributed by atoms with Gasteiger partial charge in [0, 0.05) is 11.6 Å². The van der Waals surface area contributed by atoms with Gasteiger partial charge in [0.1, 0.15) is 12.0 Å². The van der Waals surface area contributed by atoms with Gasteiger partial charge in [0.05, 0.1) is 24.9 Å². The molecule has 0 heterocycles. The highest BCUT2D eigenvalue weighted by Crippen LogP contribution is 2.50. The van der Waals surface area contributed by atoms with Gasteiger partial charge in [-0.05, 0) is 68.1 Å². The molecular weight excluding hydrogens is 472 g/mol. The molecular formula is C23H32F4N4O4. The molecule has 0 saturated heterocycles. The Bertz CT molecular complexity index is 910. The molecule has 196 valence electrons. The van der Waals surface area contributed by atoms with Gasteiger partial charge in [-0.2, -0.15) is 13.2 Å². The number of ether oxygens (including phenoxy) is 1. The third kappa shape index (κ3) is 7.52. The smallest absolute Gasteiger partial charge is 0.411 e. The van der Waals surface area contributed by atoms with E-state index >= 15 is 0 Å². The molecule has 8 nitrogen and oxygen atoms in total. The third-order valence-electron chi connectivity index (χ3n) is 6.44. The number of anilines is 2.